The second-order valence-corrected chi connectivity index (χ2v) is 6.24. The van der Waals surface area contributed by atoms with Crippen LogP contribution in [0.2, 0.25) is 0 Å². The minimum Gasteiger partial charge on any atom is -0.349 e. The number of rotatable bonds is 6. The number of sulfone groups is 1. The first-order chi connectivity index (χ1) is 7.92. The molecule has 1 aromatic heterocycles. The zero-order valence-electron chi connectivity index (χ0n) is 9.36. The zero-order chi connectivity index (χ0) is 12.9. The number of imidazole rings is 1. The Kier molecular flexibility index (Phi) is 4.80. The molecule has 0 aliphatic rings. The largest absolute Gasteiger partial charge is 0.349 e. The van der Waals surface area contributed by atoms with E-state index >= 15 is 0 Å². The quantitative estimate of drug-likeness (QED) is 0.853. The van der Waals surface area contributed by atoms with Crippen molar-refractivity contribution in [3.05, 3.63) is 30.4 Å². The summed E-state index contributed by atoms with van der Waals surface area (Å²) in [7, 11) is -3.37. The number of nitrogens with zero attached hydrogens (tertiary/aromatic N) is 1. The van der Waals surface area contributed by atoms with Gasteiger partial charge in [0.15, 0.2) is 9.84 Å². The number of aromatic nitrogens is 2. The van der Waals surface area contributed by atoms with E-state index in [1.54, 1.807) is 13.1 Å². The SMILES string of the molecule is CC(Cc1ncc[nH]1)S(=O)(=O)CCC=C(F)F. The van der Waals surface area contributed by atoms with Crippen molar-refractivity contribution in [1.82, 2.24) is 9.97 Å². The van der Waals surface area contributed by atoms with Gasteiger partial charge in [-0.05, 0) is 19.4 Å². The van der Waals surface area contributed by atoms with Gasteiger partial charge in [-0.3, -0.25) is 0 Å². The third-order valence-corrected chi connectivity index (χ3v) is 4.55. The molecule has 1 aromatic rings. The topological polar surface area (TPSA) is 62.8 Å². The van der Waals surface area contributed by atoms with Crippen LogP contribution in [0.5, 0.6) is 0 Å². The van der Waals surface area contributed by atoms with E-state index in [1.165, 1.54) is 6.20 Å². The molecule has 0 bridgehead atoms. The van der Waals surface area contributed by atoms with Crippen molar-refractivity contribution >= 4 is 9.84 Å². The molecule has 17 heavy (non-hydrogen) atoms. The molecule has 7 heteroatoms. The molecule has 1 heterocycles. The smallest absolute Gasteiger partial charge is 0.266 e. The van der Waals surface area contributed by atoms with E-state index in [9.17, 15) is 17.2 Å². The number of aromatic amines is 1. The maximum Gasteiger partial charge on any atom is 0.266 e. The van der Waals surface area contributed by atoms with Crippen LogP contribution in [-0.4, -0.2) is 29.4 Å². The van der Waals surface area contributed by atoms with E-state index < -0.39 is 21.2 Å². The van der Waals surface area contributed by atoms with Crippen LogP contribution in [0, 0.1) is 0 Å². The Morgan fingerprint density at radius 1 is 1.59 bits per heavy atom. The van der Waals surface area contributed by atoms with Crippen LogP contribution in [0.15, 0.2) is 24.6 Å². The van der Waals surface area contributed by atoms with Crippen molar-refractivity contribution in [2.24, 2.45) is 0 Å². The lowest BCUT2D eigenvalue weighted by Gasteiger charge is -2.10. The highest BCUT2D eigenvalue weighted by Gasteiger charge is 2.21. The van der Waals surface area contributed by atoms with Crippen LogP contribution in [0.3, 0.4) is 0 Å². The standard InChI is InChI=1S/C10H14F2N2O2S/c1-8(7-10-13-4-5-14-10)17(15,16)6-2-3-9(11)12/h3-5,8H,2,6-7H2,1H3,(H,13,14). The summed E-state index contributed by atoms with van der Waals surface area (Å²) in [6.07, 6.45) is 2.02. The molecule has 1 rings (SSSR count). The fraction of sp³-hybridized carbons (Fsp3) is 0.500. The Labute approximate surface area is 98.7 Å². The van der Waals surface area contributed by atoms with Crippen molar-refractivity contribution in [3.8, 4) is 0 Å². The molecular weight excluding hydrogens is 250 g/mol. The number of allylic oxidation sites excluding steroid dienone is 1. The average Bonchev–Trinajstić information content (AvgIpc) is 2.69. The van der Waals surface area contributed by atoms with Gasteiger partial charge in [-0.25, -0.2) is 13.4 Å². The minimum atomic E-state index is -3.37. The summed E-state index contributed by atoms with van der Waals surface area (Å²) in [6, 6.07) is 0. The van der Waals surface area contributed by atoms with Crippen molar-refractivity contribution in [2.45, 2.75) is 25.0 Å². The third kappa shape index (κ3) is 4.64. The third-order valence-electron chi connectivity index (χ3n) is 2.35. The lowest BCUT2D eigenvalue weighted by molar-refractivity contribution is 0.418. The Morgan fingerprint density at radius 2 is 2.29 bits per heavy atom. The van der Waals surface area contributed by atoms with Gasteiger partial charge in [0.05, 0.1) is 11.0 Å². The molecule has 0 amide bonds. The van der Waals surface area contributed by atoms with Gasteiger partial charge >= 0.3 is 0 Å². The normalized spacial score (nSPS) is 13.4. The van der Waals surface area contributed by atoms with Gasteiger partial charge < -0.3 is 4.98 Å². The summed E-state index contributed by atoms with van der Waals surface area (Å²) in [6.45, 7) is 1.55. The predicted molar refractivity (Wildman–Crippen MR) is 60.5 cm³/mol. The molecule has 1 N–H and O–H groups in total. The molecule has 0 aromatic carbocycles. The van der Waals surface area contributed by atoms with Crippen molar-refractivity contribution in [2.75, 3.05) is 5.75 Å². The molecule has 0 aliphatic heterocycles. The first kappa shape index (κ1) is 13.8. The molecule has 1 atom stereocenters. The molecule has 0 spiro atoms. The van der Waals surface area contributed by atoms with Crippen molar-refractivity contribution < 1.29 is 17.2 Å². The number of H-pyrrole nitrogens is 1. The highest BCUT2D eigenvalue weighted by Crippen LogP contribution is 2.10. The summed E-state index contributed by atoms with van der Waals surface area (Å²) in [5.41, 5.74) is 0. The van der Waals surface area contributed by atoms with Crippen LogP contribution in [-0.2, 0) is 16.3 Å². The molecule has 0 fully saturated rings. The number of hydrogen-bond donors (Lipinski definition) is 1. The molecule has 0 radical (unpaired) electrons. The highest BCUT2D eigenvalue weighted by atomic mass is 32.2. The van der Waals surface area contributed by atoms with Crippen LogP contribution in [0.25, 0.3) is 0 Å². The number of hydrogen-bond acceptors (Lipinski definition) is 3. The second kappa shape index (κ2) is 5.90. The van der Waals surface area contributed by atoms with E-state index in [4.69, 9.17) is 0 Å². The Balaban J connectivity index is 2.55. The van der Waals surface area contributed by atoms with Gasteiger partial charge in [0.1, 0.15) is 5.82 Å². The maximum atomic E-state index is 11.8. The summed E-state index contributed by atoms with van der Waals surface area (Å²) in [5, 5.41) is -0.635. The second-order valence-electron chi connectivity index (χ2n) is 3.70. The minimum absolute atomic E-state index is 0.160. The van der Waals surface area contributed by atoms with E-state index in [0.717, 1.165) is 0 Å². The van der Waals surface area contributed by atoms with Crippen LogP contribution >= 0.6 is 0 Å². The maximum absolute atomic E-state index is 11.8. The molecule has 0 aliphatic carbocycles. The molecule has 1 unspecified atom stereocenters. The molecule has 0 saturated heterocycles. The number of nitrogens with one attached hydrogen (secondary N) is 1. The van der Waals surface area contributed by atoms with Crippen LogP contribution < -0.4 is 0 Å². The highest BCUT2D eigenvalue weighted by molar-refractivity contribution is 7.92. The molecule has 4 nitrogen and oxygen atoms in total. The monoisotopic (exact) mass is 264 g/mol. The molecular formula is C10H14F2N2O2S. The van der Waals surface area contributed by atoms with Crippen LogP contribution in [0.1, 0.15) is 19.2 Å². The van der Waals surface area contributed by atoms with Gasteiger partial charge in [-0.1, -0.05) is 0 Å². The average molecular weight is 264 g/mol. The molecule has 96 valence electrons. The predicted octanol–water partition coefficient (Wildman–Crippen LogP) is 1.93. The van der Waals surface area contributed by atoms with E-state index in [-0.39, 0.29) is 18.6 Å². The van der Waals surface area contributed by atoms with E-state index in [2.05, 4.69) is 9.97 Å². The fourth-order valence-electron chi connectivity index (χ4n) is 1.34. The van der Waals surface area contributed by atoms with Crippen molar-refractivity contribution in [1.29, 1.82) is 0 Å². The lowest BCUT2D eigenvalue weighted by Crippen LogP contribution is -2.23. The van der Waals surface area contributed by atoms with Gasteiger partial charge in [0.2, 0.25) is 0 Å². The summed E-state index contributed by atoms with van der Waals surface area (Å²) in [5.74, 6) is 0.306. The number of halogens is 2. The fourth-order valence-corrected chi connectivity index (χ4v) is 2.60. The molecule has 0 saturated carbocycles. The van der Waals surface area contributed by atoms with Gasteiger partial charge in [0, 0.05) is 18.8 Å². The first-order valence-electron chi connectivity index (χ1n) is 5.13. The first-order valence-corrected chi connectivity index (χ1v) is 6.84. The Bertz CT molecular complexity index is 465. The summed E-state index contributed by atoms with van der Waals surface area (Å²) >= 11 is 0. The van der Waals surface area contributed by atoms with Gasteiger partial charge in [0.25, 0.3) is 6.08 Å². The Hall–Kier alpha value is -1.24. The van der Waals surface area contributed by atoms with E-state index in [1.807, 2.05) is 0 Å². The summed E-state index contributed by atoms with van der Waals surface area (Å²) < 4.78 is 47.0. The van der Waals surface area contributed by atoms with Gasteiger partial charge in [-0.15, -0.1) is 0 Å². The Morgan fingerprint density at radius 3 is 2.82 bits per heavy atom. The van der Waals surface area contributed by atoms with Crippen molar-refractivity contribution in [3.63, 3.8) is 0 Å². The van der Waals surface area contributed by atoms with Gasteiger partial charge in [-0.2, -0.15) is 8.78 Å². The van der Waals surface area contributed by atoms with Crippen LogP contribution in [0.4, 0.5) is 8.78 Å². The summed E-state index contributed by atoms with van der Waals surface area (Å²) in [4.78, 5) is 6.73. The lowest BCUT2D eigenvalue weighted by atomic mass is 10.3. The van der Waals surface area contributed by atoms with E-state index in [0.29, 0.717) is 11.9 Å². The zero-order valence-corrected chi connectivity index (χ0v) is 10.2.